The molecule has 0 aliphatic rings. The van der Waals surface area contributed by atoms with Gasteiger partial charge < -0.3 is 10.2 Å². The molecule has 0 amide bonds. The van der Waals surface area contributed by atoms with Crippen molar-refractivity contribution in [2.45, 2.75) is 6.18 Å². The van der Waals surface area contributed by atoms with Gasteiger partial charge in [0.05, 0.1) is 11.1 Å². The molecule has 18 heavy (non-hydrogen) atoms. The standard InChI is InChI=1S/C11H7F3O4/c12-11(13,14)6-1-2-8(15)7(5-6)9(16)3-4-10(17)18/h1-5,15H,(H,17,18)/b4-3+. The molecule has 0 bridgehead atoms. The summed E-state index contributed by atoms with van der Waals surface area (Å²) in [6.45, 7) is 0. The van der Waals surface area contributed by atoms with Gasteiger partial charge in [0.25, 0.3) is 0 Å². The molecule has 96 valence electrons. The molecule has 2 N–H and O–H groups in total. The first-order chi connectivity index (χ1) is 8.21. The van der Waals surface area contributed by atoms with Gasteiger partial charge in [0.2, 0.25) is 0 Å². The third kappa shape index (κ3) is 3.34. The largest absolute Gasteiger partial charge is 0.507 e. The monoisotopic (exact) mass is 260 g/mol. The molecule has 4 nitrogen and oxygen atoms in total. The molecule has 0 saturated heterocycles. The van der Waals surface area contributed by atoms with Crippen molar-refractivity contribution in [3.63, 3.8) is 0 Å². The van der Waals surface area contributed by atoms with Crippen LogP contribution in [0.3, 0.4) is 0 Å². The average molecular weight is 260 g/mol. The summed E-state index contributed by atoms with van der Waals surface area (Å²) in [4.78, 5) is 21.5. The molecule has 0 fully saturated rings. The quantitative estimate of drug-likeness (QED) is 0.645. The molecule has 0 saturated carbocycles. The second-order valence-electron chi connectivity index (χ2n) is 3.27. The van der Waals surface area contributed by atoms with Gasteiger partial charge in [-0.2, -0.15) is 13.2 Å². The number of carbonyl (C=O) groups excluding carboxylic acids is 1. The molecule has 1 rings (SSSR count). The zero-order valence-electron chi connectivity index (χ0n) is 8.73. The lowest BCUT2D eigenvalue weighted by molar-refractivity contribution is -0.137. The lowest BCUT2D eigenvalue weighted by atomic mass is 10.1. The number of carboxylic acids is 1. The van der Waals surface area contributed by atoms with Gasteiger partial charge in [-0.1, -0.05) is 0 Å². The van der Waals surface area contributed by atoms with Crippen molar-refractivity contribution in [3.05, 3.63) is 41.5 Å². The van der Waals surface area contributed by atoms with Crippen molar-refractivity contribution in [2.24, 2.45) is 0 Å². The van der Waals surface area contributed by atoms with Gasteiger partial charge in [0.15, 0.2) is 5.78 Å². The summed E-state index contributed by atoms with van der Waals surface area (Å²) in [5.41, 5.74) is -1.71. The Kier molecular flexibility index (Phi) is 3.75. The van der Waals surface area contributed by atoms with Crippen LogP contribution in [0, 0.1) is 0 Å². The van der Waals surface area contributed by atoms with E-state index in [1.165, 1.54) is 0 Å². The number of phenols is 1. The number of allylic oxidation sites excluding steroid dienone is 1. The van der Waals surface area contributed by atoms with Crippen LogP contribution in [0.15, 0.2) is 30.4 Å². The fourth-order valence-electron chi connectivity index (χ4n) is 1.15. The lowest BCUT2D eigenvalue weighted by Crippen LogP contribution is -2.07. The highest BCUT2D eigenvalue weighted by Gasteiger charge is 2.31. The summed E-state index contributed by atoms with van der Waals surface area (Å²) in [5.74, 6) is -3.10. The number of carbonyl (C=O) groups is 2. The summed E-state index contributed by atoms with van der Waals surface area (Å²) >= 11 is 0. The molecular weight excluding hydrogens is 253 g/mol. The molecular formula is C11H7F3O4. The smallest absolute Gasteiger partial charge is 0.416 e. The van der Waals surface area contributed by atoms with E-state index in [0.717, 1.165) is 6.07 Å². The minimum Gasteiger partial charge on any atom is -0.507 e. The molecule has 7 heteroatoms. The topological polar surface area (TPSA) is 74.6 Å². The fourth-order valence-corrected chi connectivity index (χ4v) is 1.15. The molecule has 0 aliphatic carbocycles. The molecule has 0 unspecified atom stereocenters. The van der Waals surface area contributed by atoms with Gasteiger partial charge in [-0.05, 0) is 24.3 Å². The number of ketones is 1. The van der Waals surface area contributed by atoms with Crippen molar-refractivity contribution < 1.29 is 33.0 Å². The van der Waals surface area contributed by atoms with E-state index in [-0.39, 0.29) is 0 Å². The molecule has 0 radical (unpaired) electrons. The number of alkyl halides is 3. The molecule has 0 heterocycles. The first kappa shape index (κ1) is 13.8. The first-order valence-corrected chi connectivity index (χ1v) is 4.57. The zero-order chi connectivity index (χ0) is 13.9. The number of hydrogen-bond donors (Lipinski definition) is 2. The van der Waals surface area contributed by atoms with E-state index in [4.69, 9.17) is 5.11 Å². The molecule has 0 spiro atoms. The summed E-state index contributed by atoms with van der Waals surface area (Å²) in [7, 11) is 0. The number of aliphatic carboxylic acids is 1. The maximum atomic E-state index is 12.4. The third-order valence-corrected chi connectivity index (χ3v) is 1.97. The van der Waals surface area contributed by atoms with Crippen molar-refractivity contribution >= 4 is 11.8 Å². The number of rotatable bonds is 3. The van der Waals surface area contributed by atoms with Crippen LogP contribution in [0.5, 0.6) is 5.75 Å². The van der Waals surface area contributed by atoms with Crippen molar-refractivity contribution in [1.29, 1.82) is 0 Å². The maximum absolute atomic E-state index is 12.4. The van der Waals surface area contributed by atoms with Crippen LogP contribution in [0.4, 0.5) is 13.2 Å². The van der Waals surface area contributed by atoms with Gasteiger partial charge in [-0.15, -0.1) is 0 Å². The lowest BCUT2D eigenvalue weighted by Gasteiger charge is -2.08. The van der Waals surface area contributed by atoms with Gasteiger partial charge in [-0.3, -0.25) is 4.79 Å². The SMILES string of the molecule is O=C(O)/C=C/C(=O)c1cc(C(F)(F)F)ccc1O. The Balaban J connectivity index is 3.16. The van der Waals surface area contributed by atoms with Gasteiger partial charge >= 0.3 is 12.1 Å². The number of carboxylic acid groups (broad SMARTS) is 1. The van der Waals surface area contributed by atoms with E-state index >= 15 is 0 Å². The Morgan fingerprint density at radius 2 is 1.78 bits per heavy atom. The highest BCUT2D eigenvalue weighted by molar-refractivity contribution is 6.08. The first-order valence-electron chi connectivity index (χ1n) is 4.57. The highest BCUT2D eigenvalue weighted by atomic mass is 19.4. The van der Waals surface area contributed by atoms with Gasteiger partial charge in [0, 0.05) is 6.08 Å². The van der Waals surface area contributed by atoms with E-state index in [2.05, 4.69) is 0 Å². The second-order valence-corrected chi connectivity index (χ2v) is 3.27. The molecule has 0 aromatic heterocycles. The number of benzene rings is 1. The molecule has 0 aliphatic heterocycles. The second kappa shape index (κ2) is 4.91. The third-order valence-electron chi connectivity index (χ3n) is 1.97. The number of phenolic OH excluding ortho intramolecular Hbond substituents is 1. The van der Waals surface area contributed by atoms with Crippen LogP contribution in [-0.2, 0) is 11.0 Å². The normalized spacial score (nSPS) is 11.7. The molecule has 1 aromatic rings. The minimum atomic E-state index is -4.65. The molecule has 0 atom stereocenters. The van der Waals surface area contributed by atoms with Crippen molar-refractivity contribution in [3.8, 4) is 5.75 Å². The Hall–Kier alpha value is -2.31. The summed E-state index contributed by atoms with van der Waals surface area (Å²) < 4.78 is 37.1. The van der Waals surface area contributed by atoms with Crippen LogP contribution >= 0.6 is 0 Å². The minimum absolute atomic E-state index is 0.462. The Labute approximate surface area is 99.0 Å². The van der Waals surface area contributed by atoms with E-state index in [0.29, 0.717) is 24.3 Å². The predicted octanol–water partition coefficient (Wildman–Crippen LogP) is 2.23. The number of halogens is 3. The van der Waals surface area contributed by atoms with Crippen molar-refractivity contribution in [1.82, 2.24) is 0 Å². The average Bonchev–Trinajstić information content (AvgIpc) is 2.24. The van der Waals surface area contributed by atoms with Gasteiger partial charge in [0.1, 0.15) is 5.75 Å². The van der Waals surface area contributed by atoms with Crippen molar-refractivity contribution in [2.75, 3.05) is 0 Å². The summed E-state index contributed by atoms with van der Waals surface area (Å²) in [6.07, 6.45) is -3.61. The Bertz CT molecular complexity index is 518. The van der Waals surface area contributed by atoms with Crippen LogP contribution in [0.1, 0.15) is 15.9 Å². The zero-order valence-corrected chi connectivity index (χ0v) is 8.73. The van der Waals surface area contributed by atoms with E-state index < -0.39 is 34.8 Å². The van der Waals surface area contributed by atoms with Crippen LogP contribution in [0.2, 0.25) is 0 Å². The highest BCUT2D eigenvalue weighted by Crippen LogP contribution is 2.32. The summed E-state index contributed by atoms with van der Waals surface area (Å²) in [6, 6.07) is 1.81. The Morgan fingerprint density at radius 3 is 2.28 bits per heavy atom. The van der Waals surface area contributed by atoms with Crippen LogP contribution < -0.4 is 0 Å². The maximum Gasteiger partial charge on any atom is 0.416 e. The van der Waals surface area contributed by atoms with Gasteiger partial charge in [-0.25, -0.2) is 4.79 Å². The predicted molar refractivity (Wildman–Crippen MR) is 54.2 cm³/mol. The van der Waals surface area contributed by atoms with E-state index in [9.17, 15) is 27.9 Å². The number of hydrogen-bond acceptors (Lipinski definition) is 3. The van der Waals surface area contributed by atoms with Crippen LogP contribution in [0.25, 0.3) is 0 Å². The molecule has 1 aromatic carbocycles. The van der Waals surface area contributed by atoms with E-state index in [1.54, 1.807) is 0 Å². The van der Waals surface area contributed by atoms with Crippen LogP contribution in [-0.4, -0.2) is 22.0 Å². The Morgan fingerprint density at radius 1 is 1.17 bits per heavy atom. The van der Waals surface area contributed by atoms with E-state index in [1.807, 2.05) is 0 Å². The fraction of sp³-hybridized carbons (Fsp3) is 0.0909. The number of aromatic hydroxyl groups is 1. The summed E-state index contributed by atoms with van der Waals surface area (Å²) in [5, 5.41) is 17.5.